The number of carboxylic acid groups (broad SMARTS) is 1. The van der Waals surface area contributed by atoms with E-state index < -0.39 is 23.8 Å². The lowest BCUT2D eigenvalue weighted by Crippen LogP contribution is -2.44. The van der Waals surface area contributed by atoms with Gasteiger partial charge in [-0.25, -0.2) is 4.79 Å². The molecule has 10 heteroatoms. The van der Waals surface area contributed by atoms with Gasteiger partial charge in [-0.3, -0.25) is 19.3 Å². The molecule has 32 heavy (non-hydrogen) atoms. The van der Waals surface area contributed by atoms with E-state index in [1.165, 1.54) is 18.3 Å². The van der Waals surface area contributed by atoms with E-state index in [0.29, 0.717) is 0 Å². The number of carbonyl (C=O) groups is 3. The normalized spacial score (nSPS) is 35.5. The highest BCUT2D eigenvalue weighted by Crippen LogP contribution is 2.68. The van der Waals surface area contributed by atoms with E-state index in [1.54, 1.807) is 23.9 Å². The van der Waals surface area contributed by atoms with Gasteiger partial charge in [-0.1, -0.05) is 23.5 Å². The van der Waals surface area contributed by atoms with E-state index in [-0.39, 0.29) is 51.4 Å². The van der Waals surface area contributed by atoms with Gasteiger partial charge in [0.1, 0.15) is 11.8 Å². The zero-order valence-corrected chi connectivity index (χ0v) is 18.6. The lowest BCUT2D eigenvalue weighted by atomic mass is 9.68. The molecule has 6 rings (SSSR count). The number of thiazole rings is 1. The predicted octanol–water partition coefficient (Wildman–Crippen LogP) is 2.09. The van der Waals surface area contributed by atoms with Crippen LogP contribution in [0.4, 0.5) is 0 Å². The first-order valence-corrected chi connectivity index (χ1v) is 12.3. The molecule has 2 aliphatic heterocycles. The summed E-state index contributed by atoms with van der Waals surface area (Å²) < 4.78 is 0. The minimum atomic E-state index is -1.19. The Morgan fingerprint density at radius 1 is 1.12 bits per heavy atom. The molecule has 2 saturated carbocycles. The van der Waals surface area contributed by atoms with Crippen LogP contribution in [0.1, 0.15) is 29.7 Å². The van der Waals surface area contributed by atoms with Crippen LogP contribution in [-0.4, -0.2) is 49.2 Å². The summed E-state index contributed by atoms with van der Waals surface area (Å²) in [7, 11) is 0. The van der Waals surface area contributed by atoms with Gasteiger partial charge in [-0.05, 0) is 48.8 Å². The van der Waals surface area contributed by atoms with Crippen LogP contribution in [-0.2, 0) is 14.4 Å². The highest BCUT2D eigenvalue weighted by atomic mass is 32.2. The number of carboxylic acids is 1. The van der Waals surface area contributed by atoms with E-state index in [2.05, 4.69) is 4.98 Å². The number of imide groups is 1. The number of thioether (sulfide) groups is 1. The van der Waals surface area contributed by atoms with Crippen LogP contribution in [0.2, 0.25) is 0 Å². The molecule has 166 valence electrons. The van der Waals surface area contributed by atoms with Crippen LogP contribution in [0.5, 0.6) is 5.75 Å². The van der Waals surface area contributed by atoms with Gasteiger partial charge in [-0.15, -0.1) is 11.8 Å². The topological polar surface area (TPSA) is 128 Å². The number of aliphatic carboxylic acids is 1. The van der Waals surface area contributed by atoms with Gasteiger partial charge in [-0.2, -0.15) is 0 Å². The summed E-state index contributed by atoms with van der Waals surface area (Å²) in [5.41, 5.74) is 0.964. The van der Waals surface area contributed by atoms with Crippen molar-refractivity contribution in [2.45, 2.75) is 35.6 Å². The summed E-state index contributed by atoms with van der Waals surface area (Å²) in [5, 5.41) is 20.1. The number of rotatable bonds is 3. The molecule has 2 amide bonds. The number of fused-ring (bicyclic) bond motifs is 9. The number of hydrogen-bond donors (Lipinski definition) is 3. The van der Waals surface area contributed by atoms with Crippen LogP contribution in [0.15, 0.2) is 34.1 Å². The number of phenols is 1. The van der Waals surface area contributed by atoms with Crippen LogP contribution in [0, 0.1) is 29.6 Å². The average Bonchev–Trinajstić information content (AvgIpc) is 3.47. The standard InChI is InChI=1S/C22H20N2O6S2/c1-7(21(28)29)24-19(26)14-10-6-11(15(14)20(24)27)16-13(10)12(8-2-4-9(25)5-3-8)17-18(31-16)23-22(30)32-17/h2-5,7,10-16,25H,6H2,1H3,(H,23,30)(H,28,29)/t7-,10-,11-,12-,13-,14+,15-,16-/m1/s1. The molecule has 8 nitrogen and oxygen atoms in total. The summed E-state index contributed by atoms with van der Waals surface area (Å²) in [6.07, 6.45) is 0.748. The minimum absolute atomic E-state index is 0.0430. The van der Waals surface area contributed by atoms with Crippen molar-refractivity contribution in [3.8, 4) is 5.75 Å². The molecule has 3 heterocycles. The molecular formula is C22H20N2O6S2. The number of benzene rings is 1. The minimum Gasteiger partial charge on any atom is -0.508 e. The maximum Gasteiger partial charge on any atom is 0.326 e. The second kappa shape index (κ2) is 6.71. The Balaban J connectivity index is 1.45. The van der Waals surface area contributed by atoms with Crippen LogP contribution in [0.25, 0.3) is 0 Å². The number of carbonyl (C=O) groups excluding carboxylic acids is 2. The van der Waals surface area contributed by atoms with Gasteiger partial charge < -0.3 is 15.2 Å². The third-order valence-corrected chi connectivity index (χ3v) is 10.3. The van der Waals surface area contributed by atoms with Gasteiger partial charge in [0.2, 0.25) is 11.8 Å². The fourth-order valence-corrected chi connectivity index (χ4v) is 9.48. The molecule has 1 aromatic heterocycles. The zero-order valence-electron chi connectivity index (χ0n) is 16.9. The molecule has 1 saturated heterocycles. The van der Waals surface area contributed by atoms with Gasteiger partial charge >= 0.3 is 10.8 Å². The lowest BCUT2D eigenvalue weighted by Gasteiger charge is -2.43. The Hall–Kier alpha value is -2.59. The molecule has 3 N–H and O–H groups in total. The Kier molecular flexibility index (Phi) is 4.20. The molecule has 0 radical (unpaired) electrons. The van der Waals surface area contributed by atoms with Gasteiger partial charge in [0.15, 0.2) is 0 Å². The monoisotopic (exact) mass is 472 g/mol. The maximum atomic E-state index is 13.3. The van der Waals surface area contributed by atoms with E-state index >= 15 is 0 Å². The van der Waals surface area contributed by atoms with E-state index in [0.717, 1.165) is 26.8 Å². The first-order chi connectivity index (χ1) is 15.3. The molecule has 2 aromatic rings. The largest absolute Gasteiger partial charge is 0.508 e. The number of aromatic nitrogens is 1. The van der Waals surface area contributed by atoms with E-state index in [4.69, 9.17) is 0 Å². The summed E-state index contributed by atoms with van der Waals surface area (Å²) in [6, 6.07) is 5.77. The van der Waals surface area contributed by atoms with Crippen molar-refractivity contribution in [1.29, 1.82) is 0 Å². The predicted molar refractivity (Wildman–Crippen MR) is 116 cm³/mol. The van der Waals surface area contributed by atoms with Crippen molar-refractivity contribution < 1.29 is 24.6 Å². The Morgan fingerprint density at radius 3 is 2.44 bits per heavy atom. The number of phenolic OH excluding ortho intramolecular Hbond substituents is 1. The highest BCUT2D eigenvalue weighted by Gasteiger charge is 2.70. The molecule has 4 aliphatic rings. The second-order valence-corrected chi connectivity index (χ2v) is 11.3. The highest BCUT2D eigenvalue weighted by molar-refractivity contribution is 8.00. The zero-order chi connectivity index (χ0) is 22.5. The number of hydrogen-bond acceptors (Lipinski definition) is 7. The van der Waals surface area contributed by atoms with Crippen LogP contribution >= 0.6 is 23.1 Å². The summed E-state index contributed by atoms with van der Waals surface area (Å²) in [4.78, 5) is 54.9. The Morgan fingerprint density at radius 2 is 1.78 bits per heavy atom. The summed E-state index contributed by atoms with van der Waals surface area (Å²) >= 11 is 2.76. The first-order valence-electron chi connectivity index (χ1n) is 10.6. The van der Waals surface area contributed by atoms with Gasteiger partial charge in [0.25, 0.3) is 0 Å². The fourth-order valence-electron chi connectivity index (χ4n) is 6.59. The van der Waals surface area contributed by atoms with Crippen molar-refractivity contribution >= 4 is 40.9 Å². The number of aromatic hydroxyl groups is 1. The average molecular weight is 473 g/mol. The van der Waals surface area contributed by atoms with Crippen molar-refractivity contribution in [1.82, 2.24) is 9.88 Å². The smallest absolute Gasteiger partial charge is 0.326 e. The first kappa shape index (κ1) is 20.0. The number of H-pyrrole nitrogens is 1. The Labute approximate surface area is 190 Å². The molecule has 3 fully saturated rings. The molecule has 8 atom stereocenters. The Bertz CT molecular complexity index is 1220. The summed E-state index contributed by atoms with van der Waals surface area (Å²) in [6.45, 7) is 1.38. The summed E-state index contributed by atoms with van der Waals surface area (Å²) in [5.74, 6) is -2.95. The number of aromatic amines is 1. The van der Waals surface area contributed by atoms with Crippen molar-refractivity contribution in [3.05, 3.63) is 44.4 Å². The van der Waals surface area contributed by atoms with Crippen molar-refractivity contribution in [2.24, 2.45) is 29.6 Å². The van der Waals surface area contributed by atoms with E-state index in [9.17, 15) is 29.4 Å². The number of nitrogens with zero attached hydrogens (tertiary/aromatic N) is 1. The van der Waals surface area contributed by atoms with Crippen LogP contribution < -0.4 is 4.87 Å². The van der Waals surface area contributed by atoms with Gasteiger partial charge in [0.05, 0.1) is 16.9 Å². The van der Waals surface area contributed by atoms with Crippen LogP contribution in [0.3, 0.4) is 0 Å². The fraction of sp³-hybridized carbons (Fsp3) is 0.455. The quantitative estimate of drug-likeness (QED) is 0.584. The maximum absolute atomic E-state index is 13.3. The SMILES string of the molecule is C[C@H](C(=O)O)N1C(=O)[C@@H]2[C@H]3C[C@@H]([C@@H]2C1=O)[C@@H]1[C@@H](c2ccc(O)cc2)c2sc(=O)[nH]c2S[C@H]31. The van der Waals surface area contributed by atoms with Gasteiger partial charge in [0, 0.05) is 16.0 Å². The van der Waals surface area contributed by atoms with E-state index in [1.807, 2.05) is 12.1 Å². The number of likely N-dealkylation sites (tertiary alicyclic amines) is 1. The molecule has 2 aliphatic carbocycles. The second-order valence-electron chi connectivity index (χ2n) is 9.11. The molecule has 0 unspecified atom stereocenters. The van der Waals surface area contributed by atoms with Crippen molar-refractivity contribution in [3.63, 3.8) is 0 Å². The third kappa shape index (κ3) is 2.50. The van der Waals surface area contributed by atoms with Crippen molar-refractivity contribution in [2.75, 3.05) is 0 Å². The lowest BCUT2D eigenvalue weighted by molar-refractivity contribution is -0.154. The molecular weight excluding hydrogens is 452 g/mol. The molecule has 2 bridgehead atoms. The number of amides is 2. The molecule has 0 spiro atoms. The number of nitrogens with one attached hydrogen (secondary N) is 1. The molecule has 1 aromatic carbocycles. The third-order valence-electron chi connectivity index (χ3n) is 7.75.